The predicted octanol–water partition coefficient (Wildman–Crippen LogP) is 5.49. The van der Waals surface area contributed by atoms with Crippen LogP contribution >= 0.6 is 11.8 Å². The molecule has 0 bridgehead atoms. The van der Waals surface area contributed by atoms with Gasteiger partial charge in [-0.3, -0.25) is 14.3 Å². The van der Waals surface area contributed by atoms with Crippen LogP contribution in [0.4, 0.5) is 5.69 Å². The third kappa shape index (κ3) is 4.89. The van der Waals surface area contributed by atoms with E-state index in [1.54, 1.807) is 12.4 Å². The number of para-hydroxylation sites is 1. The molecule has 0 saturated carbocycles. The van der Waals surface area contributed by atoms with Crippen molar-refractivity contribution in [2.75, 3.05) is 11.1 Å². The number of carbonyl (C=O) groups excluding carboxylic acids is 1. The number of aryl methyl sites for hydroxylation is 1. The van der Waals surface area contributed by atoms with Crippen LogP contribution in [0.1, 0.15) is 30.9 Å². The fraction of sp³-hybridized carbons (Fsp3) is 0.200. The number of amides is 1. The smallest absolute Gasteiger partial charge is 0.234 e. The van der Waals surface area contributed by atoms with Gasteiger partial charge in [0, 0.05) is 23.6 Å². The molecular formula is C25H25N5OS. The molecule has 0 saturated heterocycles. The van der Waals surface area contributed by atoms with Crippen molar-refractivity contribution >= 4 is 23.4 Å². The molecule has 6 nitrogen and oxygen atoms in total. The standard InChI is InChI=1S/C25H25N5OS/c1-17(2)20-8-6-9-21(15-20)27-23(31)16-32-25-29-28-24(19-11-13-26-14-12-19)30(25)22-10-5-4-7-18(22)3/h4-15,17H,16H2,1-3H3,(H,27,31). The van der Waals surface area contributed by atoms with Crippen LogP contribution in [0.5, 0.6) is 0 Å². The summed E-state index contributed by atoms with van der Waals surface area (Å²) < 4.78 is 2.00. The van der Waals surface area contributed by atoms with Gasteiger partial charge in [-0.25, -0.2) is 0 Å². The molecule has 1 amide bonds. The maximum Gasteiger partial charge on any atom is 0.234 e. The first-order valence-electron chi connectivity index (χ1n) is 10.5. The first kappa shape index (κ1) is 21.8. The normalized spacial score (nSPS) is 11.0. The largest absolute Gasteiger partial charge is 0.325 e. The third-order valence-corrected chi connectivity index (χ3v) is 6.03. The van der Waals surface area contributed by atoms with Crippen molar-refractivity contribution in [3.05, 3.63) is 84.2 Å². The van der Waals surface area contributed by atoms with Gasteiger partial charge < -0.3 is 5.32 Å². The van der Waals surface area contributed by atoms with Crippen molar-refractivity contribution < 1.29 is 4.79 Å². The summed E-state index contributed by atoms with van der Waals surface area (Å²) in [5, 5.41) is 12.5. The van der Waals surface area contributed by atoms with Gasteiger partial charge >= 0.3 is 0 Å². The molecular weight excluding hydrogens is 418 g/mol. The highest BCUT2D eigenvalue weighted by molar-refractivity contribution is 7.99. The van der Waals surface area contributed by atoms with Crippen LogP contribution in [0.25, 0.3) is 17.1 Å². The van der Waals surface area contributed by atoms with E-state index in [9.17, 15) is 4.79 Å². The molecule has 162 valence electrons. The monoisotopic (exact) mass is 443 g/mol. The fourth-order valence-corrected chi connectivity index (χ4v) is 4.13. The van der Waals surface area contributed by atoms with E-state index >= 15 is 0 Å². The van der Waals surface area contributed by atoms with Crippen LogP contribution in [-0.4, -0.2) is 31.4 Å². The topological polar surface area (TPSA) is 72.7 Å². The highest BCUT2D eigenvalue weighted by Gasteiger charge is 2.18. The van der Waals surface area contributed by atoms with Gasteiger partial charge in [0.1, 0.15) is 0 Å². The second-order valence-corrected chi connectivity index (χ2v) is 8.72. The number of hydrogen-bond donors (Lipinski definition) is 1. The molecule has 7 heteroatoms. The Morgan fingerprint density at radius 1 is 1.03 bits per heavy atom. The van der Waals surface area contributed by atoms with Gasteiger partial charge in [0.25, 0.3) is 0 Å². The van der Waals surface area contributed by atoms with E-state index in [0.29, 0.717) is 16.9 Å². The van der Waals surface area contributed by atoms with Crippen LogP contribution in [0.15, 0.2) is 78.2 Å². The molecule has 32 heavy (non-hydrogen) atoms. The molecule has 0 radical (unpaired) electrons. The number of thioether (sulfide) groups is 1. The number of rotatable bonds is 7. The number of carbonyl (C=O) groups is 1. The Kier molecular flexibility index (Phi) is 6.66. The third-order valence-electron chi connectivity index (χ3n) is 5.10. The Morgan fingerprint density at radius 2 is 1.81 bits per heavy atom. The minimum absolute atomic E-state index is 0.0827. The van der Waals surface area contributed by atoms with Gasteiger partial charge in [0.2, 0.25) is 5.91 Å². The van der Waals surface area contributed by atoms with Crippen LogP contribution in [0, 0.1) is 6.92 Å². The van der Waals surface area contributed by atoms with Crippen molar-refractivity contribution in [2.24, 2.45) is 0 Å². The summed E-state index contributed by atoms with van der Waals surface area (Å²) in [5.74, 6) is 1.27. The summed E-state index contributed by atoms with van der Waals surface area (Å²) in [7, 11) is 0. The number of nitrogens with one attached hydrogen (secondary N) is 1. The summed E-state index contributed by atoms with van der Waals surface area (Å²) in [6.45, 7) is 6.32. The van der Waals surface area contributed by atoms with Gasteiger partial charge in [0.05, 0.1) is 11.4 Å². The van der Waals surface area contributed by atoms with E-state index in [0.717, 1.165) is 22.5 Å². The van der Waals surface area contributed by atoms with E-state index in [-0.39, 0.29) is 11.7 Å². The van der Waals surface area contributed by atoms with E-state index in [4.69, 9.17) is 0 Å². The number of pyridine rings is 1. The number of aromatic nitrogens is 4. The molecule has 0 aliphatic heterocycles. The Balaban J connectivity index is 1.58. The summed E-state index contributed by atoms with van der Waals surface area (Å²) in [6.07, 6.45) is 3.47. The van der Waals surface area contributed by atoms with Gasteiger partial charge in [-0.2, -0.15) is 0 Å². The van der Waals surface area contributed by atoms with Gasteiger partial charge in [-0.05, 0) is 54.3 Å². The first-order chi connectivity index (χ1) is 15.5. The Morgan fingerprint density at radius 3 is 2.56 bits per heavy atom. The van der Waals surface area contributed by atoms with E-state index < -0.39 is 0 Å². The van der Waals surface area contributed by atoms with Crippen molar-refractivity contribution in [1.82, 2.24) is 19.7 Å². The zero-order chi connectivity index (χ0) is 22.5. The maximum atomic E-state index is 12.7. The molecule has 4 rings (SSSR count). The van der Waals surface area contributed by atoms with Crippen molar-refractivity contribution in [2.45, 2.75) is 31.8 Å². The predicted molar refractivity (Wildman–Crippen MR) is 129 cm³/mol. The van der Waals surface area contributed by atoms with Crippen molar-refractivity contribution in [1.29, 1.82) is 0 Å². The molecule has 4 aromatic rings. The highest BCUT2D eigenvalue weighted by atomic mass is 32.2. The molecule has 0 atom stereocenters. The molecule has 0 unspecified atom stereocenters. The molecule has 0 spiro atoms. The fourth-order valence-electron chi connectivity index (χ4n) is 3.39. The Hall–Kier alpha value is -3.45. The van der Waals surface area contributed by atoms with Gasteiger partial charge in [-0.1, -0.05) is 55.9 Å². The maximum absolute atomic E-state index is 12.7. The average molecular weight is 444 g/mol. The van der Waals surface area contributed by atoms with Crippen molar-refractivity contribution in [3.63, 3.8) is 0 Å². The molecule has 2 heterocycles. The summed E-state index contributed by atoms with van der Waals surface area (Å²) in [6, 6.07) is 19.8. The average Bonchev–Trinajstić information content (AvgIpc) is 3.22. The Bertz CT molecular complexity index is 1220. The van der Waals surface area contributed by atoms with Crippen LogP contribution in [0.2, 0.25) is 0 Å². The van der Waals surface area contributed by atoms with Gasteiger partial charge in [0.15, 0.2) is 11.0 Å². The minimum atomic E-state index is -0.0827. The lowest BCUT2D eigenvalue weighted by Gasteiger charge is -2.13. The zero-order valence-corrected chi connectivity index (χ0v) is 19.1. The van der Waals surface area contributed by atoms with Crippen molar-refractivity contribution in [3.8, 4) is 17.1 Å². The highest BCUT2D eigenvalue weighted by Crippen LogP contribution is 2.29. The SMILES string of the molecule is Cc1ccccc1-n1c(SCC(=O)Nc2cccc(C(C)C)c2)nnc1-c1ccncc1. The number of hydrogen-bond acceptors (Lipinski definition) is 5. The van der Waals surface area contributed by atoms with E-state index in [1.807, 2.05) is 53.1 Å². The van der Waals surface area contributed by atoms with Gasteiger partial charge in [-0.15, -0.1) is 10.2 Å². The van der Waals surface area contributed by atoms with Crippen LogP contribution < -0.4 is 5.32 Å². The summed E-state index contributed by atoms with van der Waals surface area (Å²) in [5.41, 5.74) is 4.99. The van der Waals surface area contributed by atoms with Crippen LogP contribution in [-0.2, 0) is 4.79 Å². The molecule has 2 aromatic carbocycles. The van der Waals surface area contributed by atoms with Crippen LogP contribution in [0.3, 0.4) is 0 Å². The molecule has 0 fully saturated rings. The molecule has 0 aliphatic carbocycles. The quantitative estimate of drug-likeness (QED) is 0.382. The second kappa shape index (κ2) is 9.78. The summed E-state index contributed by atoms with van der Waals surface area (Å²) in [4.78, 5) is 16.8. The first-order valence-corrected chi connectivity index (χ1v) is 11.5. The Labute approximate surface area is 192 Å². The van der Waals surface area contributed by atoms with E-state index in [1.165, 1.54) is 17.3 Å². The minimum Gasteiger partial charge on any atom is -0.325 e. The lowest BCUT2D eigenvalue weighted by Crippen LogP contribution is -2.15. The second-order valence-electron chi connectivity index (χ2n) is 7.78. The number of nitrogens with zero attached hydrogens (tertiary/aromatic N) is 4. The molecule has 1 N–H and O–H groups in total. The summed E-state index contributed by atoms with van der Waals surface area (Å²) >= 11 is 1.37. The lowest BCUT2D eigenvalue weighted by atomic mass is 10.0. The number of anilines is 1. The molecule has 0 aliphatic rings. The van der Waals surface area contributed by atoms with E-state index in [2.05, 4.69) is 53.4 Å². The molecule has 2 aromatic heterocycles. The zero-order valence-electron chi connectivity index (χ0n) is 18.3. The number of benzene rings is 2. The lowest BCUT2D eigenvalue weighted by molar-refractivity contribution is -0.113.